The first-order valence-electron chi connectivity index (χ1n) is 12.7. The Morgan fingerprint density at radius 2 is 1.89 bits per heavy atom. The fourth-order valence-electron chi connectivity index (χ4n) is 5.09. The maximum atomic E-state index is 13.6. The standard InChI is InChI=1S/C29H37N3O4S/c1-8-36-24-13-18-15-32(26(30)19(18)14-20(24)27(34)31-7)16-23(33)17-11-21(28(2,3)4)25-22(12-17)29(5,6)9-10-37(25)35/h11-14,30H,8-10,15-16H2,1-7H3,(H,31,34). The van der Waals surface area contributed by atoms with Gasteiger partial charge in [-0.15, -0.1) is 0 Å². The van der Waals surface area contributed by atoms with E-state index in [1.807, 2.05) is 19.1 Å². The first-order chi connectivity index (χ1) is 17.3. The van der Waals surface area contributed by atoms with Crippen molar-refractivity contribution < 1.29 is 18.5 Å². The van der Waals surface area contributed by atoms with Crippen molar-refractivity contribution in [3.05, 3.63) is 57.6 Å². The number of carbonyl (C=O) groups excluding carboxylic acids is 2. The Hall–Kier alpha value is -3.00. The summed E-state index contributed by atoms with van der Waals surface area (Å²) in [5.41, 5.74) is 3.94. The lowest BCUT2D eigenvalue weighted by molar-refractivity contribution is 0.0953. The molecule has 0 aromatic heterocycles. The minimum absolute atomic E-state index is 0.0404. The summed E-state index contributed by atoms with van der Waals surface area (Å²) in [6.07, 6.45) is 0.801. The molecular weight excluding hydrogens is 486 g/mol. The van der Waals surface area contributed by atoms with Gasteiger partial charge in [-0.25, -0.2) is 0 Å². The molecule has 0 saturated carbocycles. The van der Waals surface area contributed by atoms with Crippen LogP contribution in [0.2, 0.25) is 0 Å². The van der Waals surface area contributed by atoms with Crippen molar-refractivity contribution in [1.82, 2.24) is 10.2 Å². The van der Waals surface area contributed by atoms with E-state index in [4.69, 9.17) is 10.1 Å². The second-order valence-corrected chi connectivity index (χ2v) is 13.0. The Kier molecular flexibility index (Phi) is 7.10. The van der Waals surface area contributed by atoms with Crippen molar-refractivity contribution in [2.24, 2.45) is 0 Å². The second-order valence-electron chi connectivity index (χ2n) is 11.5. The van der Waals surface area contributed by atoms with Crippen molar-refractivity contribution in [2.45, 2.75) is 70.2 Å². The van der Waals surface area contributed by atoms with Crippen LogP contribution in [0.25, 0.3) is 0 Å². The van der Waals surface area contributed by atoms with Crippen LogP contribution >= 0.6 is 0 Å². The van der Waals surface area contributed by atoms with Gasteiger partial charge in [0.15, 0.2) is 5.78 Å². The number of fused-ring (bicyclic) bond motifs is 2. The molecule has 0 radical (unpaired) electrons. The summed E-state index contributed by atoms with van der Waals surface area (Å²) in [7, 11) is 0.469. The number of hydrogen-bond acceptors (Lipinski definition) is 5. The largest absolute Gasteiger partial charge is 0.493 e. The maximum Gasteiger partial charge on any atom is 0.254 e. The molecule has 198 valence electrons. The zero-order chi connectivity index (χ0) is 27.3. The van der Waals surface area contributed by atoms with Crippen LogP contribution < -0.4 is 10.1 Å². The highest BCUT2D eigenvalue weighted by atomic mass is 32.2. The lowest BCUT2D eigenvalue weighted by atomic mass is 9.76. The van der Waals surface area contributed by atoms with E-state index in [1.54, 1.807) is 24.1 Å². The average molecular weight is 524 g/mol. The summed E-state index contributed by atoms with van der Waals surface area (Å²) in [6.45, 7) is 13.3. The van der Waals surface area contributed by atoms with Crippen LogP contribution in [-0.4, -0.2) is 52.6 Å². The lowest BCUT2D eigenvalue weighted by Gasteiger charge is -2.36. The molecule has 2 aliphatic heterocycles. The number of ketones is 1. The number of nitrogens with zero attached hydrogens (tertiary/aromatic N) is 1. The number of rotatable bonds is 6. The number of benzene rings is 2. The van der Waals surface area contributed by atoms with Crippen LogP contribution in [0, 0.1) is 5.41 Å². The molecule has 0 spiro atoms. The highest BCUT2D eigenvalue weighted by Crippen LogP contribution is 2.42. The third-order valence-electron chi connectivity index (χ3n) is 7.33. The SMILES string of the molecule is CCOc1cc2c(cc1C(=O)NC)C(=N)N(CC(=O)c1cc(C(C)(C)C)c3c(c1)C(C)(C)CCS3=O)C2. The summed E-state index contributed by atoms with van der Waals surface area (Å²) in [5.74, 6) is 0.946. The molecule has 4 rings (SSSR count). The minimum Gasteiger partial charge on any atom is -0.493 e. The van der Waals surface area contributed by atoms with Gasteiger partial charge >= 0.3 is 0 Å². The Morgan fingerprint density at radius 3 is 2.51 bits per heavy atom. The third kappa shape index (κ3) is 4.96. The Balaban J connectivity index is 1.68. The van der Waals surface area contributed by atoms with Crippen LogP contribution in [0.5, 0.6) is 5.75 Å². The summed E-state index contributed by atoms with van der Waals surface area (Å²) >= 11 is 0. The molecule has 0 aliphatic carbocycles. The molecule has 0 bridgehead atoms. The van der Waals surface area contributed by atoms with Crippen molar-refractivity contribution in [1.29, 1.82) is 5.41 Å². The number of hydrogen-bond donors (Lipinski definition) is 2. The van der Waals surface area contributed by atoms with E-state index in [-0.39, 0.29) is 34.9 Å². The average Bonchev–Trinajstić information content (AvgIpc) is 3.13. The lowest BCUT2D eigenvalue weighted by Crippen LogP contribution is -2.33. The molecule has 2 aromatic carbocycles. The Morgan fingerprint density at radius 1 is 1.19 bits per heavy atom. The molecule has 2 aliphatic rings. The fraction of sp³-hybridized carbons (Fsp3) is 0.483. The predicted octanol–water partition coefficient (Wildman–Crippen LogP) is 4.56. The van der Waals surface area contributed by atoms with E-state index in [0.717, 1.165) is 28.0 Å². The van der Waals surface area contributed by atoms with Crippen molar-refractivity contribution in [2.75, 3.05) is 26.0 Å². The van der Waals surface area contributed by atoms with Crippen molar-refractivity contribution in [3.8, 4) is 5.75 Å². The van der Waals surface area contributed by atoms with Gasteiger partial charge in [0, 0.05) is 35.4 Å². The van der Waals surface area contributed by atoms with Gasteiger partial charge in [0.2, 0.25) is 0 Å². The minimum atomic E-state index is -1.09. The monoisotopic (exact) mass is 523 g/mol. The van der Waals surface area contributed by atoms with Gasteiger partial charge in [-0.2, -0.15) is 0 Å². The molecule has 2 N–H and O–H groups in total. The van der Waals surface area contributed by atoms with Crippen LogP contribution in [-0.2, 0) is 28.2 Å². The van der Waals surface area contributed by atoms with E-state index in [2.05, 4.69) is 39.9 Å². The number of carbonyl (C=O) groups is 2. The number of nitrogens with one attached hydrogen (secondary N) is 2. The topological polar surface area (TPSA) is 99.6 Å². The van der Waals surface area contributed by atoms with E-state index in [0.29, 0.717) is 41.3 Å². The van der Waals surface area contributed by atoms with E-state index < -0.39 is 10.8 Å². The zero-order valence-electron chi connectivity index (χ0n) is 22.8. The van der Waals surface area contributed by atoms with Crippen LogP contribution in [0.15, 0.2) is 29.2 Å². The van der Waals surface area contributed by atoms with Gasteiger partial charge in [0.25, 0.3) is 5.91 Å². The normalized spacial score (nSPS) is 18.3. The van der Waals surface area contributed by atoms with Crippen LogP contribution in [0.3, 0.4) is 0 Å². The summed E-state index contributed by atoms with van der Waals surface area (Å²) in [6, 6.07) is 7.31. The molecular formula is C29H37N3O4S. The maximum absolute atomic E-state index is 13.6. The van der Waals surface area contributed by atoms with E-state index in [9.17, 15) is 13.8 Å². The van der Waals surface area contributed by atoms with Crippen LogP contribution in [0.4, 0.5) is 0 Å². The molecule has 37 heavy (non-hydrogen) atoms. The zero-order valence-corrected chi connectivity index (χ0v) is 23.6. The first-order valence-corrected chi connectivity index (χ1v) is 14.1. The van der Waals surface area contributed by atoms with Gasteiger partial charge in [-0.05, 0) is 65.1 Å². The molecule has 8 heteroatoms. The van der Waals surface area contributed by atoms with Crippen molar-refractivity contribution >= 4 is 28.3 Å². The molecule has 2 aromatic rings. The van der Waals surface area contributed by atoms with Crippen LogP contribution in [0.1, 0.15) is 90.9 Å². The summed E-state index contributed by atoms with van der Waals surface area (Å²) in [5, 5.41) is 11.4. The fourth-order valence-corrected chi connectivity index (χ4v) is 7.19. The molecule has 2 heterocycles. The van der Waals surface area contributed by atoms with Crippen molar-refractivity contribution in [3.63, 3.8) is 0 Å². The smallest absolute Gasteiger partial charge is 0.254 e. The molecule has 1 atom stereocenters. The molecule has 0 fully saturated rings. The first kappa shape index (κ1) is 27.0. The summed E-state index contributed by atoms with van der Waals surface area (Å²) < 4.78 is 18.8. The predicted molar refractivity (Wildman–Crippen MR) is 147 cm³/mol. The Bertz CT molecular complexity index is 1310. The molecule has 0 saturated heterocycles. The van der Waals surface area contributed by atoms with Gasteiger partial charge in [-0.1, -0.05) is 34.6 Å². The van der Waals surface area contributed by atoms with E-state index in [1.165, 1.54) is 0 Å². The van der Waals surface area contributed by atoms with Gasteiger partial charge in [-0.3, -0.25) is 19.2 Å². The Labute approximate surface area is 221 Å². The highest BCUT2D eigenvalue weighted by Gasteiger charge is 2.37. The third-order valence-corrected chi connectivity index (χ3v) is 8.80. The number of Topliss-reactive ketones (excluding diaryl/α,β-unsaturated/α-hetero) is 1. The molecule has 1 unspecified atom stereocenters. The van der Waals surface area contributed by atoms with Gasteiger partial charge < -0.3 is 15.0 Å². The quantitative estimate of drug-likeness (QED) is 0.541. The van der Waals surface area contributed by atoms with Gasteiger partial charge in [0.1, 0.15) is 11.6 Å². The molecule has 1 amide bonds. The number of amides is 1. The number of amidine groups is 1. The second kappa shape index (κ2) is 9.71. The van der Waals surface area contributed by atoms with Gasteiger partial charge in [0.05, 0.1) is 29.5 Å². The number of ether oxygens (including phenoxy) is 1. The molecule has 7 nitrogen and oxygen atoms in total. The van der Waals surface area contributed by atoms with E-state index >= 15 is 0 Å². The summed E-state index contributed by atoms with van der Waals surface area (Å²) in [4.78, 5) is 28.7. The highest BCUT2D eigenvalue weighted by molar-refractivity contribution is 7.85.